The molecule has 18 heavy (non-hydrogen) atoms. The number of likely N-dealkylation sites (N-methyl/N-ethyl adjacent to an activating group) is 1. The maximum atomic E-state index is 12.1. The first-order valence-corrected chi connectivity index (χ1v) is 6.08. The van der Waals surface area contributed by atoms with Crippen molar-refractivity contribution >= 4 is 11.6 Å². The number of carbonyl (C=O) groups is 1. The molecule has 96 valence electrons. The minimum Gasteiger partial charge on any atom is -0.399 e. The minimum absolute atomic E-state index is 0.0457. The summed E-state index contributed by atoms with van der Waals surface area (Å²) < 4.78 is 0. The molecule has 0 saturated carbocycles. The Morgan fingerprint density at radius 2 is 2.06 bits per heavy atom. The fraction of sp³-hybridized carbons (Fsp3) is 0.429. The number of hydrogen-bond donors (Lipinski definition) is 1. The Morgan fingerprint density at radius 3 is 2.56 bits per heavy atom. The van der Waals surface area contributed by atoms with Crippen LogP contribution in [0, 0.1) is 17.2 Å². The van der Waals surface area contributed by atoms with Gasteiger partial charge in [-0.25, -0.2) is 0 Å². The van der Waals surface area contributed by atoms with E-state index in [0.29, 0.717) is 25.2 Å². The number of nitrogens with two attached hydrogens (primary N) is 1. The molecule has 2 N–H and O–H groups in total. The van der Waals surface area contributed by atoms with Gasteiger partial charge in [-0.05, 0) is 31.5 Å². The van der Waals surface area contributed by atoms with Gasteiger partial charge in [-0.15, -0.1) is 0 Å². The third-order valence-electron chi connectivity index (χ3n) is 2.78. The molecule has 1 aromatic carbocycles. The number of carbonyl (C=O) groups excluding carboxylic acids is 1. The summed E-state index contributed by atoms with van der Waals surface area (Å²) in [5.41, 5.74) is 7.23. The van der Waals surface area contributed by atoms with Crippen molar-refractivity contribution in [2.45, 2.75) is 20.3 Å². The lowest BCUT2D eigenvalue weighted by atomic mass is 10.1. The Labute approximate surface area is 108 Å². The van der Waals surface area contributed by atoms with Gasteiger partial charge in [-0.2, -0.15) is 5.26 Å². The van der Waals surface area contributed by atoms with Gasteiger partial charge in [0.05, 0.1) is 18.4 Å². The molecule has 4 nitrogen and oxygen atoms in total. The summed E-state index contributed by atoms with van der Waals surface area (Å²) >= 11 is 0. The van der Waals surface area contributed by atoms with Crippen molar-refractivity contribution in [2.75, 3.05) is 18.8 Å². The summed E-state index contributed by atoms with van der Waals surface area (Å²) in [5, 5.41) is 8.78. The molecule has 1 amide bonds. The molecule has 0 saturated heterocycles. The molecule has 1 rings (SSSR count). The molecule has 0 radical (unpaired) electrons. The normalized spacial score (nSPS) is 11.6. The maximum Gasteiger partial charge on any atom is 0.227 e. The van der Waals surface area contributed by atoms with E-state index >= 15 is 0 Å². The molecule has 0 bridgehead atoms. The van der Waals surface area contributed by atoms with Gasteiger partial charge in [-0.1, -0.05) is 12.1 Å². The maximum absolute atomic E-state index is 12.1. The summed E-state index contributed by atoms with van der Waals surface area (Å²) in [4.78, 5) is 13.8. The SMILES string of the molecule is CCN(CC(C)C#N)C(=O)Cc1ccc(N)cc1. The van der Waals surface area contributed by atoms with Gasteiger partial charge in [0.25, 0.3) is 0 Å². The average Bonchev–Trinajstić information content (AvgIpc) is 2.38. The first-order valence-electron chi connectivity index (χ1n) is 6.08. The lowest BCUT2D eigenvalue weighted by Gasteiger charge is -2.22. The molecule has 1 unspecified atom stereocenters. The number of anilines is 1. The summed E-state index contributed by atoms with van der Waals surface area (Å²) in [6.07, 6.45) is 0.353. The van der Waals surface area contributed by atoms with Gasteiger partial charge < -0.3 is 10.6 Å². The largest absolute Gasteiger partial charge is 0.399 e. The molecule has 4 heteroatoms. The zero-order valence-corrected chi connectivity index (χ0v) is 10.9. The average molecular weight is 245 g/mol. The van der Waals surface area contributed by atoms with Crippen LogP contribution in [0.25, 0.3) is 0 Å². The number of amides is 1. The van der Waals surface area contributed by atoms with Crippen LogP contribution >= 0.6 is 0 Å². The number of hydrogen-bond acceptors (Lipinski definition) is 3. The number of rotatable bonds is 5. The summed E-state index contributed by atoms with van der Waals surface area (Å²) in [7, 11) is 0. The minimum atomic E-state index is -0.139. The molecule has 1 aromatic rings. The molecule has 0 aliphatic carbocycles. The summed E-state index contributed by atoms with van der Waals surface area (Å²) in [6, 6.07) is 9.43. The molecule has 0 spiro atoms. The standard InChI is InChI=1S/C14H19N3O/c1-3-17(10-11(2)9-15)14(18)8-12-4-6-13(16)7-5-12/h4-7,11H,3,8,10,16H2,1-2H3. The lowest BCUT2D eigenvalue weighted by molar-refractivity contribution is -0.130. The fourth-order valence-corrected chi connectivity index (χ4v) is 1.70. The van der Waals surface area contributed by atoms with E-state index in [0.717, 1.165) is 5.56 Å². The van der Waals surface area contributed by atoms with Crippen LogP contribution in [0.5, 0.6) is 0 Å². The topological polar surface area (TPSA) is 70.1 Å². The molecule has 0 aliphatic rings. The predicted octanol–water partition coefficient (Wildman–Crippen LogP) is 1.82. The first-order chi connectivity index (χ1) is 8.56. The van der Waals surface area contributed by atoms with E-state index in [2.05, 4.69) is 6.07 Å². The number of nitrogen functional groups attached to an aromatic ring is 1. The van der Waals surface area contributed by atoms with Crippen LogP contribution in [0.3, 0.4) is 0 Å². The predicted molar refractivity (Wildman–Crippen MR) is 71.6 cm³/mol. The summed E-state index contributed by atoms with van der Waals surface area (Å²) in [5.74, 6) is -0.0929. The van der Waals surface area contributed by atoms with E-state index in [1.807, 2.05) is 26.0 Å². The highest BCUT2D eigenvalue weighted by atomic mass is 16.2. The molecular weight excluding hydrogens is 226 g/mol. The quantitative estimate of drug-likeness (QED) is 0.804. The van der Waals surface area contributed by atoms with Crippen LogP contribution in [-0.2, 0) is 11.2 Å². The highest BCUT2D eigenvalue weighted by Gasteiger charge is 2.14. The second-order valence-electron chi connectivity index (χ2n) is 4.38. The Balaban J connectivity index is 2.62. The fourth-order valence-electron chi connectivity index (χ4n) is 1.70. The monoisotopic (exact) mass is 245 g/mol. The molecule has 0 aliphatic heterocycles. The van der Waals surface area contributed by atoms with E-state index in [-0.39, 0.29) is 11.8 Å². The Kier molecular flexibility index (Phi) is 5.19. The van der Waals surface area contributed by atoms with Gasteiger partial charge in [0.2, 0.25) is 5.91 Å². The zero-order valence-electron chi connectivity index (χ0n) is 10.9. The van der Waals surface area contributed by atoms with E-state index in [4.69, 9.17) is 11.0 Å². The molecule has 0 fully saturated rings. The van der Waals surface area contributed by atoms with Gasteiger partial charge in [0.15, 0.2) is 0 Å². The van der Waals surface area contributed by atoms with E-state index in [9.17, 15) is 4.79 Å². The third-order valence-corrected chi connectivity index (χ3v) is 2.78. The van der Waals surface area contributed by atoms with Gasteiger partial charge in [-0.3, -0.25) is 4.79 Å². The second-order valence-corrected chi connectivity index (χ2v) is 4.38. The lowest BCUT2D eigenvalue weighted by Crippen LogP contribution is -2.35. The van der Waals surface area contributed by atoms with Crippen LogP contribution in [0.1, 0.15) is 19.4 Å². The molecule has 0 heterocycles. The molecule has 0 aromatic heterocycles. The molecular formula is C14H19N3O. The second kappa shape index (κ2) is 6.65. The van der Waals surface area contributed by atoms with Crippen molar-refractivity contribution < 1.29 is 4.79 Å². The van der Waals surface area contributed by atoms with Gasteiger partial charge in [0.1, 0.15) is 0 Å². The Morgan fingerprint density at radius 1 is 1.44 bits per heavy atom. The van der Waals surface area contributed by atoms with Crippen LogP contribution in [0.15, 0.2) is 24.3 Å². The Hall–Kier alpha value is -2.02. The van der Waals surface area contributed by atoms with Crippen molar-refractivity contribution in [3.8, 4) is 6.07 Å². The van der Waals surface area contributed by atoms with Crippen molar-refractivity contribution in [3.63, 3.8) is 0 Å². The number of nitriles is 1. The molecule has 1 atom stereocenters. The first kappa shape index (κ1) is 14.0. The van der Waals surface area contributed by atoms with Crippen molar-refractivity contribution in [2.24, 2.45) is 5.92 Å². The highest BCUT2D eigenvalue weighted by molar-refractivity contribution is 5.78. The van der Waals surface area contributed by atoms with Crippen molar-refractivity contribution in [1.82, 2.24) is 4.90 Å². The van der Waals surface area contributed by atoms with Crippen LogP contribution in [0.4, 0.5) is 5.69 Å². The van der Waals surface area contributed by atoms with E-state index in [1.54, 1.807) is 17.0 Å². The number of benzene rings is 1. The highest BCUT2D eigenvalue weighted by Crippen LogP contribution is 2.08. The zero-order chi connectivity index (χ0) is 13.5. The number of nitrogens with zero attached hydrogens (tertiary/aromatic N) is 2. The third kappa shape index (κ3) is 4.10. The van der Waals surface area contributed by atoms with Crippen LogP contribution in [-0.4, -0.2) is 23.9 Å². The van der Waals surface area contributed by atoms with Crippen LogP contribution in [0.2, 0.25) is 0 Å². The van der Waals surface area contributed by atoms with Gasteiger partial charge >= 0.3 is 0 Å². The van der Waals surface area contributed by atoms with E-state index < -0.39 is 0 Å². The van der Waals surface area contributed by atoms with E-state index in [1.165, 1.54) is 0 Å². The van der Waals surface area contributed by atoms with Crippen molar-refractivity contribution in [1.29, 1.82) is 5.26 Å². The summed E-state index contributed by atoms with van der Waals surface area (Å²) in [6.45, 7) is 4.85. The van der Waals surface area contributed by atoms with Gasteiger partial charge in [0, 0.05) is 18.8 Å². The van der Waals surface area contributed by atoms with Crippen LogP contribution < -0.4 is 5.73 Å². The smallest absolute Gasteiger partial charge is 0.227 e. The van der Waals surface area contributed by atoms with Crippen molar-refractivity contribution in [3.05, 3.63) is 29.8 Å². The Bertz CT molecular complexity index is 433.